The summed E-state index contributed by atoms with van der Waals surface area (Å²) in [6.07, 6.45) is 2.49. The minimum atomic E-state index is 0.186. The van der Waals surface area contributed by atoms with Crippen LogP contribution in [0.2, 0.25) is 10.3 Å². The molecule has 2 aromatic rings. The first-order chi connectivity index (χ1) is 8.70. The molecule has 2 rings (SSSR count). The highest BCUT2D eigenvalue weighted by Gasteiger charge is 2.05. The first-order valence-electron chi connectivity index (χ1n) is 5.69. The molecule has 0 aliphatic heterocycles. The van der Waals surface area contributed by atoms with E-state index in [1.807, 2.05) is 12.1 Å². The second-order valence-electron chi connectivity index (χ2n) is 3.81. The Morgan fingerprint density at radius 1 is 1.17 bits per heavy atom. The Balaban J connectivity index is 2.14. The van der Waals surface area contributed by atoms with Gasteiger partial charge in [0.05, 0.1) is 6.20 Å². The zero-order valence-electron chi connectivity index (χ0n) is 9.95. The molecule has 1 heterocycles. The summed E-state index contributed by atoms with van der Waals surface area (Å²) in [6, 6.07) is 8.26. The van der Waals surface area contributed by atoms with Gasteiger partial charge in [-0.05, 0) is 29.1 Å². The van der Waals surface area contributed by atoms with Crippen molar-refractivity contribution in [3.8, 4) is 0 Å². The van der Waals surface area contributed by atoms with Crippen molar-refractivity contribution in [1.82, 2.24) is 9.97 Å². The number of aryl methyl sites for hydroxylation is 1. The van der Waals surface area contributed by atoms with Crippen LogP contribution < -0.4 is 5.32 Å². The Labute approximate surface area is 116 Å². The van der Waals surface area contributed by atoms with Crippen molar-refractivity contribution in [1.29, 1.82) is 0 Å². The topological polar surface area (TPSA) is 37.8 Å². The van der Waals surface area contributed by atoms with Crippen LogP contribution in [-0.2, 0) is 13.0 Å². The van der Waals surface area contributed by atoms with Crippen molar-refractivity contribution in [3.63, 3.8) is 0 Å². The molecule has 0 saturated heterocycles. The number of nitrogens with zero attached hydrogens (tertiary/aromatic N) is 2. The molecule has 3 nitrogen and oxygen atoms in total. The quantitative estimate of drug-likeness (QED) is 0.862. The number of hydrogen-bond acceptors (Lipinski definition) is 3. The van der Waals surface area contributed by atoms with Gasteiger partial charge in [-0.1, -0.05) is 42.8 Å². The number of rotatable bonds is 4. The SMILES string of the molecule is CCc1ccccc1CNc1nc(Cl)ncc1Cl. The fourth-order valence-corrected chi connectivity index (χ4v) is 2.01. The van der Waals surface area contributed by atoms with Crippen LogP contribution in [0.3, 0.4) is 0 Å². The Hall–Kier alpha value is -1.32. The monoisotopic (exact) mass is 281 g/mol. The van der Waals surface area contributed by atoms with Crippen LogP contribution in [0.25, 0.3) is 0 Å². The van der Waals surface area contributed by atoms with Gasteiger partial charge < -0.3 is 5.32 Å². The standard InChI is InChI=1S/C13H13Cl2N3/c1-2-9-5-3-4-6-10(9)7-16-12-11(14)8-17-13(15)18-12/h3-6,8H,2,7H2,1H3,(H,16,17,18). The van der Waals surface area contributed by atoms with Crippen LogP contribution in [0, 0.1) is 0 Å². The third-order valence-corrected chi connectivity index (χ3v) is 3.12. The van der Waals surface area contributed by atoms with Crippen molar-refractivity contribution < 1.29 is 0 Å². The van der Waals surface area contributed by atoms with E-state index in [9.17, 15) is 0 Å². The number of benzene rings is 1. The molecule has 0 aliphatic carbocycles. The van der Waals surface area contributed by atoms with E-state index in [0.29, 0.717) is 17.4 Å². The summed E-state index contributed by atoms with van der Waals surface area (Å²) in [5.74, 6) is 0.558. The summed E-state index contributed by atoms with van der Waals surface area (Å²) in [4.78, 5) is 7.87. The minimum absolute atomic E-state index is 0.186. The summed E-state index contributed by atoms with van der Waals surface area (Å²) < 4.78 is 0. The van der Waals surface area contributed by atoms with Gasteiger partial charge in [-0.25, -0.2) is 4.98 Å². The van der Waals surface area contributed by atoms with E-state index in [4.69, 9.17) is 23.2 Å². The minimum Gasteiger partial charge on any atom is -0.365 e. The molecular formula is C13H13Cl2N3. The molecule has 0 spiro atoms. The molecular weight excluding hydrogens is 269 g/mol. The molecule has 5 heteroatoms. The average molecular weight is 282 g/mol. The van der Waals surface area contributed by atoms with E-state index in [1.54, 1.807) is 0 Å². The molecule has 0 radical (unpaired) electrons. The lowest BCUT2D eigenvalue weighted by Gasteiger charge is -2.10. The van der Waals surface area contributed by atoms with Crippen LogP contribution in [0.5, 0.6) is 0 Å². The van der Waals surface area contributed by atoms with Gasteiger partial charge in [-0.2, -0.15) is 4.98 Å². The lowest BCUT2D eigenvalue weighted by atomic mass is 10.1. The van der Waals surface area contributed by atoms with Crippen molar-refractivity contribution in [3.05, 3.63) is 51.9 Å². The largest absolute Gasteiger partial charge is 0.365 e. The predicted octanol–water partition coefficient (Wildman–Crippen LogP) is 3.96. The predicted molar refractivity (Wildman–Crippen MR) is 75.2 cm³/mol. The molecule has 0 fully saturated rings. The first kappa shape index (κ1) is 13.1. The van der Waals surface area contributed by atoms with Gasteiger partial charge >= 0.3 is 0 Å². The van der Waals surface area contributed by atoms with E-state index in [0.717, 1.165) is 6.42 Å². The van der Waals surface area contributed by atoms with Gasteiger partial charge in [0.15, 0.2) is 0 Å². The third-order valence-electron chi connectivity index (χ3n) is 2.66. The molecule has 1 aromatic carbocycles. The molecule has 94 valence electrons. The average Bonchev–Trinajstić information content (AvgIpc) is 2.40. The molecule has 18 heavy (non-hydrogen) atoms. The summed E-state index contributed by atoms with van der Waals surface area (Å²) >= 11 is 11.7. The summed E-state index contributed by atoms with van der Waals surface area (Å²) in [5, 5.41) is 3.83. The maximum Gasteiger partial charge on any atom is 0.224 e. The van der Waals surface area contributed by atoms with Crippen molar-refractivity contribution in [2.75, 3.05) is 5.32 Å². The fourth-order valence-electron chi connectivity index (χ4n) is 1.72. The van der Waals surface area contributed by atoms with E-state index in [1.165, 1.54) is 17.3 Å². The van der Waals surface area contributed by atoms with Gasteiger partial charge in [0.1, 0.15) is 10.8 Å². The molecule has 1 N–H and O–H groups in total. The molecule has 0 unspecified atom stereocenters. The van der Waals surface area contributed by atoms with E-state index >= 15 is 0 Å². The highest BCUT2D eigenvalue weighted by molar-refractivity contribution is 6.33. The summed E-state index contributed by atoms with van der Waals surface area (Å²) in [5.41, 5.74) is 2.53. The maximum absolute atomic E-state index is 5.99. The lowest BCUT2D eigenvalue weighted by Crippen LogP contribution is -2.05. The Morgan fingerprint density at radius 2 is 1.89 bits per heavy atom. The van der Waals surface area contributed by atoms with Crippen molar-refractivity contribution in [2.24, 2.45) is 0 Å². The number of hydrogen-bond donors (Lipinski definition) is 1. The second kappa shape index (κ2) is 6.03. The van der Waals surface area contributed by atoms with Gasteiger partial charge in [-0.3, -0.25) is 0 Å². The van der Waals surface area contributed by atoms with Crippen LogP contribution in [0.4, 0.5) is 5.82 Å². The number of nitrogens with one attached hydrogen (secondary N) is 1. The fraction of sp³-hybridized carbons (Fsp3) is 0.231. The van der Waals surface area contributed by atoms with Gasteiger partial charge in [0, 0.05) is 6.54 Å². The van der Waals surface area contributed by atoms with Gasteiger partial charge in [0.2, 0.25) is 5.28 Å². The van der Waals surface area contributed by atoms with Crippen LogP contribution >= 0.6 is 23.2 Å². The molecule has 1 aromatic heterocycles. The van der Waals surface area contributed by atoms with Crippen molar-refractivity contribution in [2.45, 2.75) is 19.9 Å². The van der Waals surface area contributed by atoms with Gasteiger partial charge in [-0.15, -0.1) is 0 Å². The van der Waals surface area contributed by atoms with Crippen LogP contribution in [0.15, 0.2) is 30.5 Å². The smallest absolute Gasteiger partial charge is 0.224 e. The zero-order chi connectivity index (χ0) is 13.0. The third kappa shape index (κ3) is 3.12. The molecule has 0 saturated carbocycles. The van der Waals surface area contributed by atoms with E-state index in [-0.39, 0.29) is 5.28 Å². The Bertz CT molecular complexity index is 544. The van der Waals surface area contributed by atoms with E-state index < -0.39 is 0 Å². The second-order valence-corrected chi connectivity index (χ2v) is 4.56. The molecule has 0 bridgehead atoms. The Kier molecular flexibility index (Phi) is 4.39. The summed E-state index contributed by atoms with van der Waals surface area (Å²) in [6.45, 7) is 2.80. The van der Waals surface area contributed by atoms with E-state index in [2.05, 4.69) is 34.3 Å². The number of aromatic nitrogens is 2. The Morgan fingerprint density at radius 3 is 2.61 bits per heavy atom. The van der Waals surface area contributed by atoms with Crippen molar-refractivity contribution >= 4 is 29.0 Å². The number of halogens is 2. The summed E-state index contributed by atoms with van der Waals surface area (Å²) in [7, 11) is 0. The lowest BCUT2D eigenvalue weighted by molar-refractivity contribution is 1.03. The first-order valence-corrected chi connectivity index (χ1v) is 6.45. The molecule has 0 aliphatic rings. The van der Waals surface area contributed by atoms with Crippen LogP contribution in [0.1, 0.15) is 18.1 Å². The van der Waals surface area contributed by atoms with Gasteiger partial charge in [0.25, 0.3) is 0 Å². The maximum atomic E-state index is 5.99. The molecule has 0 amide bonds. The number of anilines is 1. The molecule has 0 atom stereocenters. The zero-order valence-corrected chi connectivity index (χ0v) is 11.5. The normalized spacial score (nSPS) is 10.4. The highest BCUT2D eigenvalue weighted by atomic mass is 35.5. The highest BCUT2D eigenvalue weighted by Crippen LogP contribution is 2.20. The van der Waals surface area contributed by atoms with Crippen LogP contribution in [-0.4, -0.2) is 9.97 Å².